The molecule has 1 aliphatic carbocycles. The van der Waals surface area contributed by atoms with Gasteiger partial charge in [-0.3, -0.25) is 4.98 Å². The summed E-state index contributed by atoms with van der Waals surface area (Å²) in [5.74, 6) is 0.0566. The van der Waals surface area contributed by atoms with Gasteiger partial charge in [0.05, 0.1) is 12.2 Å². The number of carbonyl (C=O) groups is 1. The monoisotopic (exact) mass is 276 g/mol. The van der Waals surface area contributed by atoms with Crippen LogP contribution < -0.4 is 0 Å². The third-order valence-corrected chi connectivity index (χ3v) is 4.59. The fraction of sp³-hybridized carbons (Fsp3) is 0.600. The van der Waals surface area contributed by atoms with Crippen molar-refractivity contribution in [1.29, 1.82) is 0 Å². The minimum Gasteiger partial charge on any atom is -0.450 e. The topological polar surface area (TPSA) is 62.7 Å². The molecule has 3 aliphatic rings. The molecule has 0 aromatic carbocycles. The third-order valence-electron chi connectivity index (χ3n) is 4.59. The highest BCUT2D eigenvalue weighted by atomic mass is 16.6. The van der Waals surface area contributed by atoms with Crippen LogP contribution in [0.3, 0.4) is 0 Å². The Morgan fingerprint density at radius 2 is 2.45 bits per heavy atom. The molecular formula is C15H20N2O3. The number of fused-ring (bicyclic) bond motifs is 3. The first-order valence-electron chi connectivity index (χ1n) is 7.21. The average Bonchev–Trinajstić information content (AvgIpc) is 2.49. The molecule has 5 nitrogen and oxygen atoms in total. The van der Waals surface area contributed by atoms with Crippen molar-refractivity contribution in [3.63, 3.8) is 0 Å². The normalized spacial score (nSPS) is 32.2. The van der Waals surface area contributed by atoms with Crippen LogP contribution in [0.25, 0.3) is 0 Å². The van der Waals surface area contributed by atoms with Crippen LogP contribution >= 0.6 is 0 Å². The van der Waals surface area contributed by atoms with Crippen molar-refractivity contribution in [2.45, 2.75) is 37.8 Å². The molecule has 2 bridgehead atoms. The fourth-order valence-corrected chi connectivity index (χ4v) is 3.56. The maximum absolute atomic E-state index is 11.9. The lowest BCUT2D eigenvalue weighted by atomic mass is 9.66. The molecule has 1 aromatic rings. The standard InChI is InChI=1S/C15H20N2O3/c1-2-20-14(18)17-10-12-5-6-13(17)8-15(12,19)11-4-3-7-16-9-11/h3-4,7,9,12-13,19H,2,5-6,8,10H2,1H3. The number of aliphatic hydroxyl groups is 1. The molecule has 0 radical (unpaired) electrons. The van der Waals surface area contributed by atoms with E-state index in [0.717, 1.165) is 18.4 Å². The number of piperidine rings is 2. The number of carbonyl (C=O) groups excluding carboxylic acids is 1. The summed E-state index contributed by atoms with van der Waals surface area (Å²) in [5, 5.41) is 11.0. The summed E-state index contributed by atoms with van der Waals surface area (Å²) in [6.07, 6.45) is 5.63. The van der Waals surface area contributed by atoms with Gasteiger partial charge < -0.3 is 14.7 Å². The Kier molecular flexibility index (Phi) is 3.38. The Morgan fingerprint density at radius 1 is 1.60 bits per heavy atom. The van der Waals surface area contributed by atoms with Gasteiger partial charge in [-0.25, -0.2) is 4.79 Å². The molecule has 2 saturated heterocycles. The van der Waals surface area contributed by atoms with Crippen molar-refractivity contribution >= 4 is 6.09 Å². The Hall–Kier alpha value is -1.62. The first-order chi connectivity index (χ1) is 9.65. The number of hydrogen-bond donors (Lipinski definition) is 1. The van der Waals surface area contributed by atoms with Gasteiger partial charge in [0.15, 0.2) is 0 Å². The zero-order valence-corrected chi connectivity index (χ0v) is 11.7. The van der Waals surface area contributed by atoms with Crippen molar-refractivity contribution in [2.75, 3.05) is 13.2 Å². The Bertz CT molecular complexity index is 493. The summed E-state index contributed by atoms with van der Waals surface area (Å²) >= 11 is 0. The largest absolute Gasteiger partial charge is 0.450 e. The Morgan fingerprint density at radius 3 is 3.05 bits per heavy atom. The lowest BCUT2D eigenvalue weighted by Gasteiger charge is -2.53. The van der Waals surface area contributed by atoms with Crippen LogP contribution in [0.2, 0.25) is 0 Å². The smallest absolute Gasteiger partial charge is 0.410 e. The number of nitrogens with zero attached hydrogens (tertiary/aromatic N) is 2. The van der Waals surface area contributed by atoms with Gasteiger partial charge in [-0.15, -0.1) is 0 Å². The summed E-state index contributed by atoms with van der Waals surface area (Å²) in [5.41, 5.74) is -0.00149. The van der Waals surface area contributed by atoms with Crippen LogP contribution in [-0.4, -0.2) is 40.3 Å². The lowest BCUT2D eigenvalue weighted by Crippen LogP contribution is -2.60. The molecule has 3 atom stereocenters. The van der Waals surface area contributed by atoms with Gasteiger partial charge in [-0.1, -0.05) is 6.07 Å². The van der Waals surface area contributed by atoms with Crippen molar-refractivity contribution < 1.29 is 14.6 Å². The highest BCUT2D eigenvalue weighted by molar-refractivity contribution is 5.68. The van der Waals surface area contributed by atoms with E-state index in [1.165, 1.54) is 0 Å². The van der Waals surface area contributed by atoms with E-state index >= 15 is 0 Å². The second kappa shape index (κ2) is 5.05. The van der Waals surface area contributed by atoms with Gasteiger partial charge in [-0.2, -0.15) is 0 Å². The van der Waals surface area contributed by atoms with Crippen LogP contribution in [0.5, 0.6) is 0 Å². The van der Waals surface area contributed by atoms with Crippen molar-refractivity contribution in [1.82, 2.24) is 9.88 Å². The van der Waals surface area contributed by atoms with E-state index < -0.39 is 5.60 Å². The Balaban J connectivity index is 1.82. The van der Waals surface area contributed by atoms with Crippen LogP contribution in [0.15, 0.2) is 24.5 Å². The first-order valence-corrected chi connectivity index (χ1v) is 7.21. The van der Waals surface area contributed by atoms with E-state index in [2.05, 4.69) is 4.98 Å². The van der Waals surface area contributed by atoms with Crippen LogP contribution in [0, 0.1) is 5.92 Å². The molecule has 20 heavy (non-hydrogen) atoms. The molecule has 1 aromatic heterocycles. The number of rotatable bonds is 2. The van der Waals surface area contributed by atoms with Crippen LogP contribution in [-0.2, 0) is 10.3 Å². The Labute approximate surface area is 118 Å². The van der Waals surface area contributed by atoms with Gasteiger partial charge in [0.2, 0.25) is 0 Å². The maximum Gasteiger partial charge on any atom is 0.410 e. The molecule has 1 N–H and O–H groups in total. The zero-order chi connectivity index (χ0) is 14.2. The first kappa shape index (κ1) is 13.4. The SMILES string of the molecule is CCOC(=O)N1CC2CCC1CC2(O)c1cccnc1. The lowest BCUT2D eigenvalue weighted by molar-refractivity contribution is -0.126. The van der Waals surface area contributed by atoms with Crippen molar-refractivity contribution in [3.05, 3.63) is 30.1 Å². The molecule has 108 valence electrons. The van der Waals surface area contributed by atoms with Gasteiger partial charge in [0.25, 0.3) is 0 Å². The van der Waals surface area contributed by atoms with Crippen LogP contribution in [0.4, 0.5) is 4.79 Å². The molecule has 0 spiro atoms. The van der Waals surface area contributed by atoms with Gasteiger partial charge >= 0.3 is 6.09 Å². The summed E-state index contributed by atoms with van der Waals surface area (Å²) in [7, 11) is 0. The second-order valence-corrected chi connectivity index (χ2v) is 5.65. The van der Waals surface area contributed by atoms with E-state index in [9.17, 15) is 9.90 Å². The molecule has 5 heteroatoms. The van der Waals surface area contributed by atoms with E-state index in [4.69, 9.17) is 4.74 Å². The molecule has 3 unspecified atom stereocenters. The zero-order valence-electron chi connectivity index (χ0n) is 11.7. The minimum absolute atomic E-state index is 0.0566. The quantitative estimate of drug-likeness (QED) is 0.896. The highest BCUT2D eigenvalue weighted by Crippen LogP contribution is 2.47. The van der Waals surface area contributed by atoms with Gasteiger partial charge in [-0.05, 0) is 25.8 Å². The van der Waals surface area contributed by atoms with E-state index in [1.807, 2.05) is 19.1 Å². The molecule has 2 aliphatic heterocycles. The van der Waals surface area contributed by atoms with E-state index in [-0.39, 0.29) is 18.1 Å². The number of hydrogen-bond acceptors (Lipinski definition) is 4. The molecular weight excluding hydrogens is 256 g/mol. The number of ether oxygens (including phenoxy) is 1. The number of amides is 1. The second-order valence-electron chi connectivity index (χ2n) is 5.65. The summed E-state index contributed by atoms with van der Waals surface area (Å²) < 4.78 is 5.10. The molecule has 3 fully saturated rings. The highest BCUT2D eigenvalue weighted by Gasteiger charge is 2.52. The third kappa shape index (κ3) is 2.06. The molecule has 3 heterocycles. The van der Waals surface area contributed by atoms with E-state index in [1.54, 1.807) is 17.3 Å². The van der Waals surface area contributed by atoms with Crippen LogP contribution in [0.1, 0.15) is 31.7 Å². The maximum atomic E-state index is 11.9. The molecule has 1 amide bonds. The van der Waals surface area contributed by atoms with E-state index in [0.29, 0.717) is 19.6 Å². The fourth-order valence-electron chi connectivity index (χ4n) is 3.56. The van der Waals surface area contributed by atoms with Gasteiger partial charge in [0.1, 0.15) is 0 Å². The average molecular weight is 276 g/mol. The summed E-state index contributed by atoms with van der Waals surface area (Å²) in [6, 6.07) is 3.82. The summed E-state index contributed by atoms with van der Waals surface area (Å²) in [6.45, 7) is 2.76. The van der Waals surface area contributed by atoms with Crippen molar-refractivity contribution in [3.8, 4) is 0 Å². The number of aromatic nitrogens is 1. The molecule has 4 rings (SSSR count). The molecule has 1 saturated carbocycles. The summed E-state index contributed by atoms with van der Waals surface area (Å²) in [4.78, 5) is 17.8. The number of pyridine rings is 1. The van der Waals surface area contributed by atoms with Crippen molar-refractivity contribution in [2.24, 2.45) is 5.92 Å². The van der Waals surface area contributed by atoms with Gasteiger partial charge in [0, 0.05) is 42.9 Å². The minimum atomic E-state index is -0.861. The predicted octanol–water partition coefficient (Wildman–Crippen LogP) is 1.91. The predicted molar refractivity (Wildman–Crippen MR) is 73.0 cm³/mol.